The standard InChI is InChI=1S/C15H23NO4/c1-13(16-17)12-14-4-6-15(7-5-14)20-11-10-19-9-3-8-18-2/h4-7,17H,3,8-12H2,1-2H3/b16-13+. The average molecular weight is 281 g/mol. The summed E-state index contributed by atoms with van der Waals surface area (Å²) in [6, 6.07) is 7.74. The zero-order chi connectivity index (χ0) is 14.6. The highest BCUT2D eigenvalue weighted by molar-refractivity contribution is 5.83. The molecule has 0 amide bonds. The Labute approximate surface area is 120 Å². The fourth-order valence-corrected chi connectivity index (χ4v) is 1.66. The zero-order valence-electron chi connectivity index (χ0n) is 12.2. The fourth-order valence-electron chi connectivity index (χ4n) is 1.66. The lowest BCUT2D eigenvalue weighted by atomic mass is 10.1. The van der Waals surface area contributed by atoms with Gasteiger partial charge in [0.2, 0.25) is 0 Å². The molecule has 0 saturated carbocycles. The summed E-state index contributed by atoms with van der Waals surface area (Å²) < 4.78 is 15.9. The number of methoxy groups -OCH3 is 1. The van der Waals surface area contributed by atoms with Crippen molar-refractivity contribution < 1.29 is 19.4 Å². The number of hydrogen-bond acceptors (Lipinski definition) is 5. The highest BCUT2D eigenvalue weighted by Crippen LogP contribution is 2.12. The van der Waals surface area contributed by atoms with Gasteiger partial charge in [-0.2, -0.15) is 0 Å². The molecule has 5 nitrogen and oxygen atoms in total. The highest BCUT2D eigenvalue weighted by Gasteiger charge is 1.98. The third-order valence-electron chi connectivity index (χ3n) is 2.69. The van der Waals surface area contributed by atoms with Gasteiger partial charge in [-0.25, -0.2) is 0 Å². The summed E-state index contributed by atoms with van der Waals surface area (Å²) in [5.41, 5.74) is 1.77. The molecule has 0 aliphatic rings. The Morgan fingerprint density at radius 3 is 2.50 bits per heavy atom. The van der Waals surface area contributed by atoms with Gasteiger partial charge in [0, 0.05) is 26.7 Å². The first-order chi connectivity index (χ1) is 9.76. The lowest BCUT2D eigenvalue weighted by Gasteiger charge is -2.08. The van der Waals surface area contributed by atoms with Gasteiger partial charge in [0.15, 0.2) is 0 Å². The van der Waals surface area contributed by atoms with Crippen molar-refractivity contribution >= 4 is 5.71 Å². The Balaban J connectivity index is 2.18. The minimum absolute atomic E-state index is 0.531. The van der Waals surface area contributed by atoms with Gasteiger partial charge in [0.05, 0.1) is 12.3 Å². The second-order valence-electron chi connectivity index (χ2n) is 4.46. The molecule has 0 unspecified atom stereocenters. The van der Waals surface area contributed by atoms with E-state index in [4.69, 9.17) is 19.4 Å². The summed E-state index contributed by atoms with van der Waals surface area (Å²) in [6.07, 6.45) is 1.54. The van der Waals surface area contributed by atoms with Gasteiger partial charge in [-0.3, -0.25) is 0 Å². The molecule has 0 radical (unpaired) electrons. The predicted octanol–water partition coefficient (Wildman–Crippen LogP) is 2.51. The van der Waals surface area contributed by atoms with Crippen molar-refractivity contribution in [2.45, 2.75) is 19.8 Å². The van der Waals surface area contributed by atoms with Crippen LogP contribution in [0.3, 0.4) is 0 Å². The minimum Gasteiger partial charge on any atom is -0.491 e. The van der Waals surface area contributed by atoms with Crippen LogP contribution in [-0.2, 0) is 15.9 Å². The average Bonchev–Trinajstić information content (AvgIpc) is 2.48. The summed E-state index contributed by atoms with van der Waals surface area (Å²) in [4.78, 5) is 0. The minimum atomic E-state index is 0.531. The molecule has 0 atom stereocenters. The van der Waals surface area contributed by atoms with Crippen LogP contribution in [0.5, 0.6) is 5.75 Å². The smallest absolute Gasteiger partial charge is 0.119 e. The van der Waals surface area contributed by atoms with E-state index in [1.54, 1.807) is 14.0 Å². The molecular weight excluding hydrogens is 258 g/mol. The SMILES string of the molecule is COCCCOCCOc1ccc(C/C(C)=N/O)cc1. The first-order valence-electron chi connectivity index (χ1n) is 6.72. The lowest BCUT2D eigenvalue weighted by Crippen LogP contribution is -2.08. The molecule has 0 fully saturated rings. The van der Waals surface area contributed by atoms with Gasteiger partial charge in [-0.05, 0) is 31.0 Å². The lowest BCUT2D eigenvalue weighted by molar-refractivity contribution is 0.0806. The Bertz CT molecular complexity index is 389. The normalized spacial score (nSPS) is 11.6. The van der Waals surface area contributed by atoms with Crippen LogP contribution in [0.1, 0.15) is 18.9 Å². The highest BCUT2D eigenvalue weighted by atomic mass is 16.5. The predicted molar refractivity (Wildman–Crippen MR) is 77.8 cm³/mol. The number of ether oxygens (including phenoxy) is 3. The second-order valence-corrected chi connectivity index (χ2v) is 4.46. The monoisotopic (exact) mass is 281 g/mol. The molecule has 1 aromatic carbocycles. The van der Waals surface area contributed by atoms with E-state index in [-0.39, 0.29) is 0 Å². The number of benzene rings is 1. The van der Waals surface area contributed by atoms with Crippen LogP contribution in [0.15, 0.2) is 29.4 Å². The summed E-state index contributed by atoms with van der Waals surface area (Å²) in [5.74, 6) is 0.813. The maximum Gasteiger partial charge on any atom is 0.119 e. The first kappa shape index (κ1) is 16.5. The Kier molecular flexibility index (Phi) is 8.42. The van der Waals surface area contributed by atoms with Crippen LogP contribution in [0.25, 0.3) is 0 Å². The van der Waals surface area contributed by atoms with Crippen LogP contribution in [0.4, 0.5) is 0 Å². The van der Waals surface area contributed by atoms with E-state index >= 15 is 0 Å². The number of hydrogen-bond donors (Lipinski definition) is 1. The Hall–Kier alpha value is -1.59. The van der Waals surface area contributed by atoms with Crippen molar-refractivity contribution in [1.29, 1.82) is 0 Å². The number of oxime groups is 1. The molecule has 112 valence electrons. The maximum atomic E-state index is 8.61. The van der Waals surface area contributed by atoms with Gasteiger partial charge < -0.3 is 19.4 Å². The maximum absolute atomic E-state index is 8.61. The van der Waals surface area contributed by atoms with E-state index in [2.05, 4.69) is 5.16 Å². The van der Waals surface area contributed by atoms with Gasteiger partial charge >= 0.3 is 0 Å². The third kappa shape index (κ3) is 7.11. The van der Waals surface area contributed by atoms with E-state index in [9.17, 15) is 0 Å². The molecule has 1 rings (SSSR count). The van der Waals surface area contributed by atoms with E-state index in [0.717, 1.165) is 24.3 Å². The van der Waals surface area contributed by atoms with Gasteiger partial charge in [0.1, 0.15) is 12.4 Å². The molecule has 0 aliphatic heterocycles. The summed E-state index contributed by atoms with van der Waals surface area (Å²) >= 11 is 0. The zero-order valence-corrected chi connectivity index (χ0v) is 12.2. The van der Waals surface area contributed by atoms with Crippen molar-refractivity contribution in [3.63, 3.8) is 0 Å². The van der Waals surface area contributed by atoms with Crippen molar-refractivity contribution in [2.75, 3.05) is 33.5 Å². The van der Waals surface area contributed by atoms with Crippen LogP contribution >= 0.6 is 0 Å². The molecule has 0 bridgehead atoms. The molecular formula is C15H23NO4. The second kappa shape index (κ2) is 10.2. The van der Waals surface area contributed by atoms with E-state index in [1.807, 2.05) is 24.3 Å². The molecule has 0 aliphatic carbocycles. The molecule has 0 saturated heterocycles. The van der Waals surface area contributed by atoms with Crippen LogP contribution in [-0.4, -0.2) is 44.5 Å². The van der Waals surface area contributed by atoms with Gasteiger partial charge in [-0.1, -0.05) is 17.3 Å². The van der Waals surface area contributed by atoms with Crippen LogP contribution in [0, 0.1) is 0 Å². The van der Waals surface area contributed by atoms with Gasteiger partial charge in [0.25, 0.3) is 0 Å². The largest absolute Gasteiger partial charge is 0.491 e. The fraction of sp³-hybridized carbons (Fsp3) is 0.533. The number of nitrogens with zero attached hydrogens (tertiary/aromatic N) is 1. The molecule has 20 heavy (non-hydrogen) atoms. The third-order valence-corrected chi connectivity index (χ3v) is 2.69. The van der Waals surface area contributed by atoms with Gasteiger partial charge in [-0.15, -0.1) is 0 Å². The van der Waals surface area contributed by atoms with E-state index in [1.165, 1.54) is 0 Å². The van der Waals surface area contributed by atoms with Crippen molar-refractivity contribution in [2.24, 2.45) is 5.16 Å². The van der Waals surface area contributed by atoms with Crippen molar-refractivity contribution in [3.05, 3.63) is 29.8 Å². The Morgan fingerprint density at radius 2 is 1.85 bits per heavy atom. The van der Waals surface area contributed by atoms with Crippen molar-refractivity contribution in [1.82, 2.24) is 0 Å². The van der Waals surface area contributed by atoms with Crippen molar-refractivity contribution in [3.8, 4) is 5.75 Å². The van der Waals surface area contributed by atoms with Crippen LogP contribution in [0.2, 0.25) is 0 Å². The molecule has 5 heteroatoms. The molecule has 1 aromatic rings. The molecule has 0 aromatic heterocycles. The quantitative estimate of drug-likeness (QED) is 0.310. The summed E-state index contributed by atoms with van der Waals surface area (Å²) in [5, 5.41) is 11.8. The molecule has 0 heterocycles. The molecule has 0 spiro atoms. The van der Waals surface area contributed by atoms with E-state index in [0.29, 0.717) is 32.0 Å². The van der Waals surface area contributed by atoms with E-state index < -0.39 is 0 Å². The first-order valence-corrected chi connectivity index (χ1v) is 6.72. The summed E-state index contributed by atoms with van der Waals surface area (Å²) in [7, 11) is 1.68. The molecule has 1 N–H and O–H groups in total. The Morgan fingerprint density at radius 1 is 1.10 bits per heavy atom. The van der Waals surface area contributed by atoms with Crippen LogP contribution < -0.4 is 4.74 Å². The number of rotatable bonds is 10. The topological polar surface area (TPSA) is 60.3 Å². The summed E-state index contributed by atoms with van der Waals surface area (Å²) in [6.45, 7) is 4.30.